The molecule has 1 aliphatic rings. The number of nitrogens with zero attached hydrogens (tertiary/aromatic N) is 3. The Labute approximate surface area is 157 Å². The fraction of sp³-hybridized carbons (Fsp3) is 0.409. The molecule has 1 saturated heterocycles. The minimum absolute atomic E-state index is 0.203. The lowest BCUT2D eigenvalue weighted by Crippen LogP contribution is -2.57. The van der Waals surface area contributed by atoms with Crippen LogP contribution in [0.1, 0.15) is 25.3 Å². The summed E-state index contributed by atoms with van der Waals surface area (Å²) in [5, 5.41) is 4.69. The molecule has 3 rings (SSSR count). The number of para-hydroxylation sites is 1. The highest BCUT2D eigenvalue weighted by molar-refractivity contribution is 5.93. The zero-order valence-electron chi connectivity index (χ0n) is 15.8. The maximum Gasteiger partial charge on any atom is 0.227 e. The number of hydrogen-bond acceptors (Lipinski definition) is 3. The maximum atomic E-state index is 12.7. The molecule has 0 aromatic heterocycles. The van der Waals surface area contributed by atoms with Gasteiger partial charge in [-0.05, 0) is 30.5 Å². The summed E-state index contributed by atoms with van der Waals surface area (Å²) in [6, 6.07) is 20.9. The van der Waals surface area contributed by atoms with Crippen LogP contribution in [0.15, 0.2) is 60.7 Å². The molecule has 0 N–H and O–H groups in total. The summed E-state index contributed by atoms with van der Waals surface area (Å²) >= 11 is 0. The third-order valence-corrected chi connectivity index (χ3v) is 5.16. The number of hydrazine groups is 1. The van der Waals surface area contributed by atoms with E-state index >= 15 is 0 Å². The van der Waals surface area contributed by atoms with Crippen molar-refractivity contribution in [2.45, 2.75) is 32.2 Å². The van der Waals surface area contributed by atoms with Gasteiger partial charge in [-0.2, -0.15) is 0 Å². The van der Waals surface area contributed by atoms with Crippen LogP contribution < -0.4 is 4.90 Å². The SMILES string of the molecule is CCC(=O)N(c1ccccc1)C1CCN(C)N(CCc2ccccc2)C1. The van der Waals surface area contributed by atoms with Gasteiger partial charge >= 0.3 is 0 Å². The highest BCUT2D eigenvalue weighted by Crippen LogP contribution is 2.23. The highest BCUT2D eigenvalue weighted by atomic mass is 16.2. The monoisotopic (exact) mass is 351 g/mol. The van der Waals surface area contributed by atoms with Gasteiger partial charge in [0.15, 0.2) is 0 Å². The summed E-state index contributed by atoms with van der Waals surface area (Å²) in [6.45, 7) is 4.77. The predicted octanol–water partition coefficient (Wildman–Crippen LogP) is 3.59. The summed E-state index contributed by atoms with van der Waals surface area (Å²) in [4.78, 5) is 14.7. The van der Waals surface area contributed by atoms with E-state index in [1.54, 1.807) is 0 Å². The second-order valence-corrected chi connectivity index (χ2v) is 6.92. The van der Waals surface area contributed by atoms with Crippen molar-refractivity contribution in [2.24, 2.45) is 0 Å². The topological polar surface area (TPSA) is 26.8 Å². The lowest BCUT2D eigenvalue weighted by molar-refractivity contribution is -0.120. The van der Waals surface area contributed by atoms with Crippen molar-refractivity contribution in [3.8, 4) is 0 Å². The van der Waals surface area contributed by atoms with Gasteiger partial charge in [0, 0.05) is 38.8 Å². The van der Waals surface area contributed by atoms with Crippen LogP contribution in [-0.2, 0) is 11.2 Å². The van der Waals surface area contributed by atoms with E-state index in [1.807, 2.05) is 42.2 Å². The van der Waals surface area contributed by atoms with E-state index in [9.17, 15) is 4.79 Å². The van der Waals surface area contributed by atoms with Gasteiger partial charge in [-0.1, -0.05) is 55.5 Å². The number of anilines is 1. The average molecular weight is 351 g/mol. The smallest absolute Gasteiger partial charge is 0.227 e. The Morgan fingerprint density at radius 1 is 1.08 bits per heavy atom. The first-order valence-electron chi connectivity index (χ1n) is 9.56. The molecule has 1 fully saturated rings. The molecule has 0 bridgehead atoms. The van der Waals surface area contributed by atoms with Crippen LogP contribution in [0.4, 0.5) is 5.69 Å². The molecule has 138 valence electrons. The lowest BCUT2D eigenvalue weighted by Gasteiger charge is -2.44. The molecule has 4 heteroatoms. The third kappa shape index (κ3) is 4.51. The van der Waals surface area contributed by atoms with E-state index < -0.39 is 0 Å². The van der Waals surface area contributed by atoms with Crippen LogP contribution in [0.25, 0.3) is 0 Å². The molecular weight excluding hydrogens is 322 g/mol. The van der Waals surface area contributed by atoms with E-state index in [-0.39, 0.29) is 11.9 Å². The van der Waals surface area contributed by atoms with Crippen LogP contribution in [0.2, 0.25) is 0 Å². The number of carbonyl (C=O) groups excluding carboxylic acids is 1. The van der Waals surface area contributed by atoms with Crippen LogP contribution in [-0.4, -0.2) is 48.6 Å². The summed E-state index contributed by atoms with van der Waals surface area (Å²) in [5.74, 6) is 0.203. The van der Waals surface area contributed by atoms with Crippen molar-refractivity contribution in [3.05, 3.63) is 66.2 Å². The summed E-state index contributed by atoms with van der Waals surface area (Å²) in [6.07, 6.45) is 2.55. The Hall–Kier alpha value is -2.17. The lowest BCUT2D eigenvalue weighted by atomic mass is 10.1. The average Bonchev–Trinajstić information content (AvgIpc) is 2.70. The zero-order chi connectivity index (χ0) is 18.4. The minimum atomic E-state index is 0.203. The summed E-state index contributed by atoms with van der Waals surface area (Å²) in [7, 11) is 2.15. The molecule has 1 unspecified atom stereocenters. The van der Waals surface area contributed by atoms with Crippen molar-refractivity contribution >= 4 is 11.6 Å². The van der Waals surface area contributed by atoms with Crippen molar-refractivity contribution in [1.82, 2.24) is 10.0 Å². The fourth-order valence-electron chi connectivity index (χ4n) is 3.64. The van der Waals surface area contributed by atoms with Gasteiger partial charge in [-0.15, -0.1) is 0 Å². The Bertz CT molecular complexity index is 689. The van der Waals surface area contributed by atoms with Gasteiger partial charge in [0.1, 0.15) is 0 Å². The van der Waals surface area contributed by atoms with Crippen LogP contribution in [0.5, 0.6) is 0 Å². The van der Waals surface area contributed by atoms with Crippen LogP contribution in [0.3, 0.4) is 0 Å². The molecule has 26 heavy (non-hydrogen) atoms. The molecule has 1 aliphatic heterocycles. The second kappa shape index (κ2) is 8.97. The van der Waals surface area contributed by atoms with Gasteiger partial charge in [-0.3, -0.25) is 4.79 Å². The van der Waals surface area contributed by atoms with Gasteiger partial charge in [0.25, 0.3) is 0 Å². The Balaban J connectivity index is 1.71. The molecule has 1 amide bonds. The molecule has 0 saturated carbocycles. The Morgan fingerprint density at radius 2 is 1.73 bits per heavy atom. The quantitative estimate of drug-likeness (QED) is 0.796. The largest absolute Gasteiger partial charge is 0.308 e. The van der Waals surface area contributed by atoms with E-state index in [0.717, 1.165) is 38.2 Å². The van der Waals surface area contributed by atoms with Crippen molar-refractivity contribution in [3.63, 3.8) is 0 Å². The zero-order valence-corrected chi connectivity index (χ0v) is 15.8. The first-order valence-corrected chi connectivity index (χ1v) is 9.56. The first kappa shape index (κ1) is 18.6. The minimum Gasteiger partial charge on any atom is -0.308 e. The Kier molecular flexibility index (Phi) is 6.42. The predicted molar refractivity (Wildman–Crippen MR) is 107 cm³/mol. The van der Waals surface area contributed by atoms with E-state index in [4.69, 9.17) is 0 Å². The number of amides is 1. The molecule has 2 aromatic carbocycles. The fourth-order valence-corrected chi connectivity index (χ4v) is 3.64. The van der Waals surface area contributed by atoms with Crippen molar-refractivity contribution in [1.29, 1.82) is 0 Å². The summed E-state index contributed by atoms with van der Waals surface area (Å²) in [5.41, 5.74) is 2.37. The number of carbonyl (C=O) groups is 1. The van der Waals surface area contributed by atoms with Crippen molar-refractivity contribution < 1.29 is 4.79 Å². The molecule has 2 aromatic rings. The maximum absolute atomic E-state index is 12.7. The van der Waals surface area contributed by atoms with Gasteiger partial charge < -0.3 is 4.90 Å². The number of benzene rings is 2. The molecule has 1 atom stereocenters. The van der Waals surface area contributed by atoms with Gasteiger partial charge in [-0.25, -0.2) is 10.0 Å². The molecule has 4 nitrogen and oxygen atoms in total. The molecular formula is C22H29N3O. The molecule has 0 radical (unpaired) electrons. The van der Waals surface area contributed by atoms with Crippen LogP contribution >= 0.6 is 0 Å². The van der Waals surface area contributed by atoms with Crippen molar-refractivity contribution in [2.75, 3.05) is 31.6 Å². The van der Waals surface area contributed by atoms with E-state index in [1.165, 1.54) is 5.56 Å². The summed E-state index contributed by atoms with van der Waals surface area (Å²) < 4.78 is 0. The van der Waals surface area contributed by atoms with E-state index in [2.05, 4.69) is 47.4 Å². The van der Waals surface area contributed by atoms with E-state index in [0.29, 0.717) is 6.42 Å². The number of rotatable bonds is 6. The normalized spacial score (nSPS) is 18.6. The Morgan fingerprint density at radius 3 is 2.38 bits per heavy atom. The molecule has 0 spiro atoms. The standard InChI is InChI=1S/C22H29N3O/c1-3-22(26)25(20-12-8-5-9-13-20)21-15-16-23(2)24(18-21)17-14-19-10-6-4-7-11-19/h4-13,21H,3,14-18H2,1-2H3. The number of hydrogen-bond donors (Lipinski definition) is 0. The molecule has 0 aliphatic carbocycles. The van der Waals surface area contributed by atoms with Crippen LogP contribution in [0, 0.1) is 0 Å². The van der Waals surface area contributed by atoms with Gasteiger partial charge in [0.2, 0.25) is 5.91 Å². The highest BCUT2D eigenvalue weighted by Gasteiger charge is 2.31. The molecule has 1 heterocycles. The van der Waals surface area contributed by atoms with Gasteiger partial charge in [0.05, 0.1) is 6.04 Å². The first-order chi connectivity index (χ1) is 12.7. The second-order valence-electron chi connectivity index (χ2n) is 6.92. The third-order valence-electron chi connectivity index (χ3n) is 5.16.